The lowest BCUT2D eigenvalue weighted by Gasteiger charge is -2.19. The lowest BCUT2D eigenvalue weighted by atomic mass is 10.0. The zero-order chi connectivity index (χ0) is 14.7. The summed E-state index contributed by atoms with van der Waals surface area (Å²) in [5.74, 6) is 0. The smallest absolute Gasteiger partial charge is 0.106 e. The molecule has 1 heterocycles. The van der Waals surface area contributed by atoms with Crippen LogP contribution in [0.5, 0.6) is 0 Å². The quantitative estimate of drug-likeness (QED) is 0.683. The number of hydrogen-bond donors (Lipinski definition) is 1. The van der Waals surface area contributed by atoms with Gasteiger partial charge in [0.25, 0.3) is 0 Å². The molecule has 0 bridgehead atoms. The van der Waals surface area contributed by atoms with E-state index in [1.54, 1.807) is 11.3 Å². The van der Waals surface area contributed by atoms with Crippen LogP contribution in [0.4, 0.5) is 5.69 Å². The second-order valence-corrected chi connectivity index (χ2v) is 6.35. The number of benzene rings is 2. The van der Waals surface area contributed by atoms with Gasteiger partial charge in [-0.2, -0.15) is 0 Å². The molecule has 3 rings (SSSR count). The normalized spacial score (nSPS) is 12.5. The number of nitrogens with zero attached hydrogens (tertiary/aromatic N) is 1. The molecule has 0 radical (unpaired) electrons. The van der Waals surface area contributed by atoms with Crippen LogP contribution in [0.25, 0.3) is 10.2 Å². The highest BCUT2D eigenvalue weighted by atomic mass is 35.5. The highest BCUT2D eigenvalue weighted by Gasteiger charge is 2.13. The number of nitrogens with one attached hydrogen (secondary N) is 1. The van der Waals surface area contributed by atoms with Crippen molar-refractivity contribution in [1.29, 1.82) is 0 Å². The van der Waals surface area contributed by atoms with E-state index in [0.717, 1.165) is 33.8 Å². The van der Waals surface area contributed by atoms with Gasteiger partial charge in [-0.1, -0.05) is 48.9 Å². The van der Waals surface area contributed by atoms with Gasteiger partial charge in [-0.05, 0) is 30.5 Å². The molecule has 0 amide bonds. The van der Waals surface area contributed by atoms with Gasteiger partial charge >= 0.3 is 0 Å². The Balaban J connectivity index is 1.85. The van der Waals surface area contributed by atoms with Crippen molar-refractivity contribution in [3.05, 3.63) is 58.6 Å². The van der Waals surface area contributed by atoms with E-state index in [-0.39, 0.29) is 0 Å². The highest BCUT2D eigenvalue weighted by molar-refractivity contribution is 7.16. The first-order chi connectivity index (χ1) is 10.3. The number of hydrogen-bond acceptors (Lipinski definition) is 3. The van der Waals surface area contributed by atoms with Gasteiger partial charge in [0.05, 0.1) is 20.9 Å². The lowest BCUT2D eigenvalue weighted by Crippen LogP contribution is -2.21. The maximum Gasteiger partial charge on any atom is 0.106 e. The summed E-state index contributed by atoms with van der Waals surface area (Å²) in [7, 11) is 0. The molecule has 0 spiro atoms. The van der Waals surface area contributed by atoms with Gasteiger partial charge in [0.2, 0.25) is 0 Å². The summed E-state index contributed by atoms with van der Waals surface area (Å²) in [5, 5.41) is 4.32. The molecule has 0 saturated heterocycles. The first-order valence-corrected chi connectivity index (χ1v) is 8.36. The number of fused-ring (bicyclic) bond motifs is 1. The van der Waals surface area contributed by atoms with E-state index in [0.29, 0.717) is 6.04 Å². The summed E-state index contributed by atoms with van der Waals surface area (Å²) >= 11 is 8.01. The fourth-order valence-electron chi connectivity index (χ4n) is 2.44. The Hall–Kier alpha value is -1.58. The molecule has 4 heteroatoms. The lowest BCUT2D eigenvalue weighted by molar-refractivity contribution is 0.691. The maximum atomic E-state index is 6.37. The number of rotatable bonds is 5. The Morgan fingerprint density at radius 2 is 2.00 bits per heavy atom. The van der Waals surface area contributed by atoms with Crippen LogP contribution in [0, 0.1) is 0 Å². The minimum Gasteiger partial charge on any atom is -0.379 e. The molecule has 3 aromatic rings. The van der Waals surface area contributed by atoms with Crippen LogP contribution in [-0.4, -0.2) is 11.0 Å². The Morgan fingerprint density at radius 3 is 2.76 bits per heavy atom. The monoisotopic (exact) mass is 316 g/mol. The zero-order valence-electron chi connectivity index (χ0n) is 11.8. The topological polar surface area (TPSA) is 24.9 Å². The third kappa shape index (κ3) is 3.20. The van der Waals surface area contributed by atoms with Gasteiger partial charge in [0, 0.05) is 6.04 Å². The van der Waals surface area contributed by atoms with Gasteiger partial charge in [-0.3, -0.25) is 0 Å². The SMILES string of the molecule is CCC(Cc1ccccc1)Nc1c(Cl)ccc2scnc12. The Bertz CT molecular complexity index is 724. The van der Waals surface area contributed by atoms with Crippen LogP contribution in [0.1, 0.15) is 18.9 Å². The van der Waals surface area contributed by atoms with Gasteiger partial charge < -0.3 is 5.32 Å². The molecule has 0 aliphatic carbocycles. The standard InChI is InChI=1S/C17H17ClN2S/c1-2-13(10-12-6-4-3-5-7-12)20-16-14(18)8-9-15-17(16)19-11-21-15/h3-9,11,13,20H,2,10H2,1H3. The largest absolute Gasteiger partial charge is 0.379 e. The van der Waals surface area contributed by atoms with Crippen molar-refractivity contribution in [2.45, 2.75) is 25.8 Å². The molecule has 1 N–H and O–H groups in total. The van der Waals surface area contributed by atoms with Gasteiger partial charge in [0.15, 0.2) is 0 Å². The number of aromatic nitrogens is 1. The van der Waals surface area contributed by atoms with E-state index in [1.807, 2.05) is 23.7 Å². The van der Waals surface area contributed by atoms with Crippen molar-refractivity contribution in [1.82, 2.24) is 4.98 Å². The van der Waals surface area contributed by atoms with Crippen molar-refractivity contribution < 1.29 is 0 Å². The van der Waals surface area contributed by atoms with Gasteiger partial charge in [0.1, 0.15) is 5.52 Å². The van der Waals surface area contributed by atoms with Crippen molar-refractivity contribution in [2.24, 2.45) is 0 Å². The molecule has 0 saturated carbocycles. The summed E-state index contributed by atoms with van der Waals surface area (Å²) in [6, 6.07) is 14.8. The second kappa shape index (κ2) is 6.46. The average Bonchev–Trinajstić information content (AvgIpc) is 2.99. The maximum absolute atomic E-state index is 6.37. The van der Waals surface area contributed by atoms with E-state index in [2.05, 4.69) is 41.5 Å². The fraction of sp³-hybridized carbons (Fsp3) is 0.235. The van der Waals surface area contributed by atoms with E-state index < -0.39 is 0 Å². The predicted octanol–water partition coefficient (Wildman–Crippen LogP) is 5.38. The summed E-state index contributed by atoms with van der Waals surface area (Å²) in [5.41, 5.74) is 5.13. The molecule has 1 unspecified atom stereocenters. The highest BCUT2D eigenvalue weighted by Crippen LogP contribution is 2.33. The molecule has 1 aromatic heterocycles. The van der Waals surface area contributed by atoms with Crippen molar-refractivity contribution in [3.8, 4) is 0 Å². The Kier molecular flexibility index (Phi) is 4.42. The van der Waals surface area contributed by atoms with E-state index in [1.165, 1.54) is 5.56 Å². The molecule has 108 valence electrons. The fourth-order valence-corrected chi connectivity index (χ4v) is 3.34. The summed E-state index contributed by atoms with van der Waals surface area (Å²) < 4.78 is 1.16. The molecule has 2 aromatic carbocycles. The third-order valence-electron chi connectivity index (χ3n) is 3.62. The van der Waals surface area contributed by atoms with Crippen LogP contribution in [0.3, 0.4) is 0 Å². The molecular weight excluding hydrogens is 300 g/mol. The minimum atomic E-state index is 0.345. The van der Waals surface area contributed by atoms with Gasteiger partial charge in [-0.15, -0.1) is 11.3 Å². The van der Waals surface area contributed by atoms with Crippen molar-refractivity contribution >= 4 is 38.8 Å². The zero-order valence-corrected chi connectivity index (χ0v) is 13.4. The number of anilines is 1. The molecule has 1 atom stereocenters. The second-order valence-electron chi connectivity index (χ2n) is 5.06. The Morgan fingerprint density at radius 1 is 1.19 bits per heavy atom. The van der Waals surface area contributed by atoms with E-state index in [4.69, 9.17) is 11.6 Å². The summed E-state index contributed by atoms with van der Waals surface area (Å²) in [6.07, 6.45) is 2.01. The first kappa shape index (κ1) is 14.4. The molecule has 0 aliphatic rings. The average molecular weight is 317 g/mol. The number of thiazole rings is 1. The molecule has 21 heavy (non-hydrogen) atoms. The van der Waals surface area contributed by atoms with Crippen LogP contribution >= 0.6 is 22.9 Å². The minimum absolute atomic E-state index is 0.345. The predicted molar refractivity (Wildman–Crippen MR) is 92.5 cm³/mol. The van der Waals surface area contributed by atoms with Crippen LogP contribution in [0.15, 0.2) is 48.0 Å². The summed E-state index contributed by atoms with van der Waals surface area (Å²) in [6.45, 7) is 2.19. The Labute approximate surface area is 133 Å². The number of halogens is 1. The molecule has 2 nitrogen and oxygen atoms in total. The van der Waals surface area contributed by atoms with Crippen LogP contribution in [-0.2, 0) is 6.42 Å². The third-order valence-corrected chi connectivity index (χ3v) is 4.73. The molecular formula is C17H17ClN2S. The molecule has 0 aliphatic heterocycles. The van der Waals surface area contributed by atoms with Crippen LogP contribution in [0.2, 0.25) is 5.02 Å². The van der Waals surface area contributed by atoms with E-state index in [9.17, 15) is 0 Å². The van der Waals surface area contributed by atoms with Gasteiger partial charge in [-0.25, -0.2) is 4.98 Å². The van der Waals surface area contributed by atoms with E-state index >= 15 is 0 Å². The van der Waals surface area contributed by atoms with Crippen LogP contribution < -0.4 is 5.32 Å². The van der Waals surface area contributed by atoms with Crippen molar-refractivity contribution in [3.63, 3.8) is 0 Å². The first-order valence-electron chi connectivity index (χ1n) is 7.10. The summed E-state index contributed by atoms with van der Waals surface area (Å²) in [4.78, 5) is 4.45. The molecule has 0 fully saturated rings. The van der Waals surface area contributed by atoms with Crippen molar-refractivity contribution in [2.75, 3.05) is 5.32 Å².